The van der Waals surface area contributed by atoms with Crippen LogP contribution in [0.1, 0.15) is 141 Å². The molecule has 12 heterocycles. The molecule has 0 spiro atoms. The predicted molar refractivity (Wildman–Crippen MR) is 464 cm³/mol. The van der Waals surface area contributed by atoms with E-state index in [4.69, 9.17) is 70.8 Å². The van der Waals surface area contributed by atoms with Crippen LogP contribution in [0.15, 0.2) is 24.3 Å². The lowest BCUT2D eigenvalue weighted by molar-refractivity contribution is -0.193. The number of aliphatic carboxylic acids is 4. The molecule has 0 aromatic carbocycles. The average Bonchev–Trinajstić information content (AvgIpc) is 1.64. The molecular weight excluding hydrogens is 1760 g/mol. The maximum atomic E-state index is 13.2. The molecule has 4 fully saturated rings. The van der Waals surface area contributed by atoms with E-state index in [1.165, 1.54) is 41.9 Å². The monoisotopic (exact) mass is 1870 g/mol. The Morgan fingerprint density at radius 2 is 0.700 bits per heavy atom. The number of fused-ring (bicyclic) bond motifs is 4. The van der Waals surface area contributed by atoms with Crippen LogP contribution >= 0.6 is 11.8 Å². The fourth-order valence-electron chi connectivity index (χ4n) is 13.7. The number of anilines is 5. The zero-order valence-corrected chi connectivity index (χ0v) is 75.9. The number of alkyl halides is 12. The molecule has 35 nitrogen and oxygen atoms in total. The number of aromatic nitrogens is 16. The number of halogens is 12. The van der Waals surface area contributed by atoms with E-state index in [1.54, 1.807) is 62.9 Å². The number of ether oxygens (including phenoxy) is 1. The second kappa shape index (κ2) is 47.1. The third-order valence-corrected chi connectivity index (χ3v) is 21.0. The molecule has 4 N–H and O–H groups in total. The second-order valence-corrected chi connectivity index (χ2v) is 32.9. The molecule has 4 atom stereocenters. The number of carbonyl (C=O) groups is 4. The van der Waals surface area contributed by atoms with Crippen LogP contribution in [0.25, 0.3) is 49.5 Å². The number of nitrogens with zero attached hydrogens (tertiary/aromatic N) is 22. The summed E-state index contributed by atoms with van der Waals surface area (Å²) in [6.07, 6.45) is -10.9. The molecule has 4 saturated heterocycles. The van der Waals surface area contributed by atoms with E-state index in [-0.39, 0.29) is 38.9 Å². The zero-order chi connectivity index (χ0) is 98.2. The fraction of sp³-hybridized carbons (Fsp3) is 0.598. The summed E-state index contributed by atoms with van der Waals surface area (Å²) in [6, 6.07) is 0.261. The van der Waals surface area contributed by atoms with Crippen molar-refractivity contribution in [1.29, 1.82) is 0 Å². The summed E-state index contributed by atoms with van der Waals surface area (Å²) >= 11 is 1.59. The lowest BCUT2D eigenvalue weighted by Crippen LogP contribution is -2.36. The van der Waals surface area contributed by atoms with Crippen LogP contribution in [-0.2, 0) is 73.5 Å². The fourth-order valence-corrected chi connectivity index (χ4v) is 14.6. The number of rotatable bonds is 13. The van der Waals surface area contributed by atoms with Gasteiger partial charge in [0.1, 0.15) is 0 Å². The molecule has 12 rings (SSSR count). The van der Waals surface area contributed by atoms with E-state index in [0.717, 1.165) is 115 Å². The number of methoxy groups -OCH3 is 1. The minimum atomic E-state index is -5.08. The molecule has 0 aliphatic carbocycles. The van der Waals surface area contributed by atoms with Crippen molar-refractivity contribution in [3.8, 4) is 53.4 Å². The van der Waals surface area contributed by atoms with Gasteiger partial charge in [0.2, 0.25) is 35.4 Å². The van der Waals surface area contributed by atoms with E-state index in [0.29, 0.717) is 106 Å². The first-order chi connectivity index (χ1) is 60.6. The lowest BCUT2D eigenvalue weighted by atomic mass is 10.0. The molecule has 8 aromatic heterocycles. The molecule has 0 amide bonds. The molecule has 0 saturated carbocycles. The van der Waals surface area contributed by atoms with Crippen molar-refractivity contribution in [2.24, 2.45) is 51.9 Å². The van der Waals surface area contributed by atoms with E-state index < -0.39 is 48.6 Å². The van der Waals surface area contributed by atoms with Gasteiger partial charge in [-0.1, -0.05) is 83.9 Å². The van der Waals surface area contributed by atoms with E-state index in [9.17, 15) is 71.9 Å². The number of piperidine rings is 4. The van der Waals surface area contributed by atoms with Gasteiger partial charge in [-0.15, -0.1) is 35.2 Å². The van der Waals surface area contributed by atoms with E-state index in [1.807, 2.05) is 32.1 Å². The highest BCUT2D eigenvalue weighted by Crippen LogP contribution is 2.34. The van der Waals surface area contributed by atoms with Crippen molar-refractivity contribution in [2.45, 2.75) is 202 Å². The van der Waals surface area contributed by atoms with Crippen molar-refractivity contribution in [3.05, 3.63) is 52.8 Å². The largest absolute Gasteiger partial charge is 0.490 e. The maximum Gasteiger partial charge on any atom is 0.490 e. The van der Waals surface area contributed by atoms with Crippen molar-refractivity contribution >= 4 is 116 Å². The molecule has 0 radical (unpaired) electrons. The number of carboxylic acid groups (broad SMARTS) is 4. The number of carboxylic acids is 4. The van der Waals surface area contributed by atoms with Crippen LogP contribution < -0.4 is 51.5 Å². The number of imidazole rings is 4. The maximum absolute atomic E-state index is 13.2. The molecule has 48 heteroatoms. The molecule has 4 unspecified atom stereocenters. The second-order valence-electron chi connectivity index (χ2n) is 31.1. The molecule has 4 aliphatic heterocycles. The van der Waals surface area contributed by atoms with Crippen LogP contribution in [0.2, 0.25) is 0 Å². The molecule has 712 valence electrons. The topological polar surface area (TPSA) is 390 Å². The predicted octanol–water partition coefficient (Wildman–Crippen LogP) is 11.4. The highest BCUT2D eigenvalue weighted by molar-refractivity contribution is 8.00. The summed E-state index contributed by atoms with van der Waals surface area (Å²) in [7, 11) is 8.29. The Kier molecular flexibility index (Phi) is 39.0. The average molecular weight is 1870 g/mol. The van der Waals surface area contributed by atoms with Gasteiger partial charge in [-0.3, -0.25) is 50.9 Å². The normalized spacial score (nSPS) is 16.2. The van der Waals surface area contributed by atoms with Crippen molar-refractivity contribution in [2.75, 3.05) is 97.1 Å². The standard InChI is InChI=1S/C20H30N6O.C20H29N5OS.C17H20N6O.C17H23N5O2.4C2HF3O2/c1-6-9-13-26-16-17(22-20(26)25-12-10-11-15(4)14-25)21-19(23(5)18(16)27)24(7-2)8-3;1-7-8-12-25-15-16(21-18(25)24-11-9-10-14(2)13-24)22-19(23(6)17(15)26)27-20(3,4)5;1-5-6-10-23-13-14(19-16(18-3)21(4)15(13)24)20-17(23)22-9-7-8-12(2)11-22;1-5-6-10-22-13-14(19-17(24-4)20(3)15(13)23)18-16(22)21-9-7-8-12(2)11-21;4*3-2(4,5)1(6)7/h15H,7-8,10-14H2,1-5H3;14H,9-13H2,1-6H3;12H,7-11H2,1-2,4H3;12H,7-11H2,1-4H3;4*(H,6,7). The van der Waals surface area contributed by atoms with Gasteiger partial charge < -0.3 is 54.5 Å². The summed E-state index contributed by atoms with van der Waals surface area (Å²) in [5.74, 6) is 19.2. The Morgan fingerprint density at radius 1 is 0.438 bits per heavy atom. The minimum Gasteiger partial charge on any atom is -0.475 e. The highest BCUT2D eigenvalue weighted by atomic mass is 32.2. The summed E-state index contributed by atoms with van der Waals surface area (Å²) in [5.41, 5.74) is 3.23. The zero-order valence-electron chi connectivity index (χ0n) is 75.1. The van der Waals surface area contributed by atoms with Crippen LogP contribution in [0.3, 0.4) is 0 Å². The Labute approximate surface area is 743 Å². The lowest BCUT2D eigenvalue weighted by Gasteiger charge is -2.31. The van der Waals surface area contributed by atoms with Gasteiger partial charge in [-0.2, -0.15) is 82.6 Å². The van der Waals surface area contributed by atoms with Crippen LogP contribution in [-0.4, -0.2) is 223 Å². The van der Waals surface area contributed by atoms with Gasteiger partial charge in [-0.05, 0) is 117 Å². The minimum absolute atomic E-state index is 0.0355. The van der Waals surface area contributed by atoms with Gasteiger partial charge in [0.25, 0.3) is 16.7 Å². The van der Waals surface area contributed by atoms with Gasteiger partial charge in [0.05, 0.1) is 33.3 Å². The molecule has 4 aliphatic rings. The molecule has 0 bridgehead atoms. The van der Waals surface area contributed by atoms with Gasteiger partial charge in [0, 0.05) is 98.4 Å². The molecular formula is C82H106F12N22O13S. The van der Waals surface area contributed by atoms with Crippen molar-refractivity contribution in [1.82, 2.24) is 76.4 Å². The van der Waals surface area contributed by atoms with Gasteiger partial charge in [-0.25, -0.2) is 29.0 Å². The van der Waals surface area contributed by atoms with Gasteiger partial charge in [0.15, 0.2) is 44.2 Å². The quantitative estimate of drug-likeness (QED) is 0.0274. The first kappa shape index (κ1) is 108. The SMILES string of the molecule is CC#CCn1c(N2CCCC(C)C2)nc2nc(N(CC)CC)n(C)c(=O)c21.CC#CCn1c(N2CCCC(C)C2)nc2nc(OC)n(C)c(=O)c21.CC#CCn1c(N2CCCC(C)C2)nc2nc(SC(C)(C)C)n(C)c(=O)c21.O=C(O)C(F)(F)F.O=C(O)C(F)(F)F.O=C(O)C(F)(F)F.O=C(O)C(F)(F)F.[C-]#[N+]c1nc2nc(N3CCCC(C)C3)n(CC#CC)c2c(=O)n1C. The third-order valence-electron chi connectivity index (χ3n) is 19.8. The smallest absolute Gasteiger partial charge is 0.475 e. The number of hydrogen-bond acceptors (Lipinski definition) is 23. The Bertz CT molecular complexity index is 5810. The van der Waals surface area contributed by atoms with Crippen molar-refractivity contribution < 1.29 is 97.0 Å². The summed E-state index contributed by atoms with van der Waals surface area (Å²) < 4.78 is 146. The van der Waals surface area contributed by atoms with Gasteiger partial charge >= 0.3 is 66.1 Å². The number of thioether (sulfide) groups is 1. The van der Waals surface area contributed by atoms with Crippen LogP contribution in [0.5, 0.6) is 6.01 Å². The summed E-state index contributed by atoms with van der Waals surface area (Å²) in [5, 5.41) is 29.2. The first-order valence-corrected chi connectivity index (χ1v) is 41.5. The van der Waals surface area contributed by atoms with Crippen LogP contribution in [0.4, 0.5) is 88.4 Å². The first-order valence-electron chi connectivity index (χ1n) is 40.7. The number of hydrogen-bond donors (Lipinski definition) is 4. The third kappa shape index (κ3) is 28.9. The highest BCUT2D eigenvalue weighted by Gasteiger charge is 2.41. The van der Waals surface area contributed by atoms with Crippen LogP contribution in [0, 0.1) is 77.6 Å². The Hall–Kier alpha value is -12.7. The van der Waals surface area contributed by atoms with Crippen molar-refractivity contribution in [3.63, 3.8) is 0 Å². The molecule has 8 aromatic rings. The molecule has 130 heavy (non-hydrogen) atoms. The Balaban J connectivity index is 0.000000279. The van der Waals surface area contributed by atoms with E-state index in [2.05, 4.69) is 159 Å². The Morgan fingerprint density at radius 3 is 0.954 bits per heavy atom. The summed E-state index contributed by atoms with van der Waals surface area (Å²) in [6.45, 7) is 44.6. The van der Waals surface area contributed by atoms with E-state index >= 15 is 0 Å². The summed E-state index contributed by atoms with van der Waals surface area (Å²) in [4.78, 5) is 139.